The Labute approximate surface area is 229 Å². The molecule has 4 aromatic rings. The number of β-amino-alcohol motifs (C(OH)–C–C–N with tert-alkyl or cyclic N) is 1. The van der Waals surface area contributed by atoms with Crippen molar-refractivity contribution >= 4 is 17.8 Å². The molecule has 1 aromatic carbocycles. The van der Waals surface area contributed by atoms with Crippen LogP contribution in [0, 0.1) is 0 Å². The molecule has 1 fully saturated rings. The van der Waals surface area contributed by atoms with E-state index in [1.54, 1.807) is 24.3 Å². The van der Waals surface area contributed by atoms with E-state index in [0.29, 0.717) is 35.3 Å². The molecule has 0 amide bonds. The van der Waals surface area contributed by atoms with E-state index in [0.717, 1.165) is 12.6 Å². The highest BCUT2D eigenvalue weighted by Gasteiger charge is 2.41. The summed E-state index contributed by atoms with van der Waals surface area (Å²) >= 11 is 5.80. The lowest BCUT2D eigenvalue weighted by Gasteiger charge is -2.33. The van der Waals surface area contributed by atoms with E-state index in [1.807, 2.05) is 4.90 Å². The van der Waals surface area contributed by atoms with Crippen molar-refractivity contribution in [2.45, 2.75) is 31.2 Å². The molecule has 0 saturated carbocycles. The summed E-state index contributed by atoms with van der Waals surface area (Å²) in [5.74, 6) is -0.424. The summed E-state index contributed by atoms with van der Waals surface area (Å²) in [4.78, 5) is 20.8. The Morgan fingerprint density at radius 1 is 1.20 bits per heavy atom. The Morgan fingerprint density at radius 2 is 1.98 bits per heavy atom. The van der Waals surface area contributed by atoms with Gasteiger partial charge in [0.2, 0.25) is 5.82 Å². The fourth-order valence-electron chi connectivity index (χ4n) is 4.52. The number of hydrogen-bond donors (Lipinski definition) is 2. The van der Waals surface area contributed by atoms with Gasteiger partial charge in [0, 0.05) is 24.8 Å². The fourth-order valence-corrected chi connectivity index (χ4v) is 4.63. The molecule has 15 heteroatoms. The molecule has 3 aromatic heterocycles. The first-order chi connectivity index (χ1) is 19.1. The van der Waals surface area contributed by atoms with E-state index in [4.69, 9.17) is 26.0 Å². The molecular formula is C25H22ClF3N6O5. The van der Waals surface area contributed by atoms with Gasteiger partial charge in [0.05, 0.1) is 22.9 Å². The topological polar surface area (TPSA) is 140 Å². The Kier molecular flexibility index (Phi) is 7.74. The standard InChI is InChI=1S/C25H22ClF3N6O5/c26-16-7-8-20(30-10-16)35-21(25(27,28)29)18(11-31-35)23-32-22(33-40-23)15-5-3-14(4-6-15)19(36)13-34-9-1-2-17(12-34)39-24(37)38/h3-8,10-11,17,19,36H,1-2,9,12-13H2,(H,37,38)/t17-,19+/m0/s1. The van der Waals surface area contributed by atoms with Gasteiger partial charge in [-0.3, -0.25) is 4.90 Å². The molecule has 2 N–H and O–H groups in total. The van der Waals surface area contributed by atoms with E-state index in [9.17, 15) is 23.1 Å². The number of benzene rings is 1. The van der Waals surface area contributed by atoms with E-state index in [2.05, 4.69) is 20.2 Å². The van der Waals surface area contributed by atoms with Crippen LogP contribution in [-0.4, -0.2) is 71.9 Å². The number of halogens is 4. The maximum Gasteiger partial charge on any atom is 0.506 e. The van der Waals surface area contributed by atoms with Crippen LogP contribution in [-0.2, 0) is 10.9 Å². The van der Waals surface area contributed by atoms with Crippen molar-refractivity contribution in [1.82, 2.24) is 29.8 Å². The number of piperidine rings is 1. The predicted molar refractivity (Wildman–Crippen MR) is 134 cm³/mol. The summed E-state index contributed by atoms with van der Waals surface area (Å²) in [6, 6.07) is 9.23. The highest BCUT2D eigenvalue weighted by Crippen LogP contribution is 2.38. The number of hydrogen-bond acceptors (Lipinski definition) is 9. The zero-order chi connectivity index (χ0) is 28.4. The second kappa shape index (κ2) is 11.2. The van der Waals surface area contributed by atoms with Crippen LogP contribution >= 0.6 is 11.6 Å². The summed E-state index contributed by atoms with van der Waals surface area (Å²) in [7, 11) is 0. The molecule has 2 atom stereocenters. The maximum atomic E-state index is 14.0. The van der Waals surface area contributed by atoms with E-state index in [-0.39, 0.29) is 29.1 Å². The van der Waals surface area contributed by atoms with Crippen LogP contribution in [0.5, 0.6) is 0 Å². The number of alkyl halides is 3. The summed E-state index contributed by atoms with van der Waals surface area (Å²) in [5, 5.41) is 27.4. The van der Waals surface area contributed by atoms with Crippen LogP contribution in [0.2, 0.25) is 5.02 Å². The number of ether oxygens (including phenoxy) is 1. The molecule has 210 valence electrons. The van der Waals surface area contributed by atoms with Gasteiger partial charge in [0.25, 0.3) is 5.89 Å². The number of nitrogens with zero attached hydrogens (tertiary/aromatic N) is 6. The number of rotatable bonds is 7. The normalized spacial score (nSPS) is 17.1. The molecule has 5 rings (SSSR count). The first-order valence-corrected chi connectivity index (χ1v) is 12.5. The van der Waals surface area contributed by atoms with Gasteiger partial charge in [-0.25, -0.2) is 14.5 Å². The van der Waals surface area contributed by atoms with Gasteiger partial charge in [0.15, 0.2) is 11.5 Å². The first-order valence-electron chi connectivity index (χ1n) is 12.1. The third-order valence-electron chi connectivity index (χ3n) is 6.34. The van der Waals surface area contributed by atoms with Crippen LogP contribution in [0.4, 0.5) is 18.0 Å². The number of likely N-dealkylation sites (tertiary alicyclic amines) is 1. The molecule has 0 unspecified atom stereocenters. The van der Waals surface area contributed by atoms with E-state index >= 15 is 0 Å². The molecule has 0 bridgehead atoms. The highest BCUT2D eigenvalue weighted by atomic mass is 35.5. The number of aliphatic hydroxyl groups is 1. The van der Waals surface area contributed by atoms with Gasteiger partial charge in [0.1, 0.15) is 6.10 Å². The van der Waals surface area contributed by atoms with E-state index < -0.39 is 35.8 Å². The van der Waals surface area contributed by atoms with Crippen LogP contribution in [0.25, 0.3) is 28.7 Å². The Hall–Kier alpha value is -4.01. The minimum Gasteiger partial charge on any atom is -0.450 e. The molecule has 0 spiro atoms. The Balaban J connectivity index is 1.32. The smallest absolute Gasteiger partial charge is 0.450 e. The summed E-state index contributed by atoms with van der Waals surface area (Å²) < 4.78 is 52.7. The number of carboxylic acid groups (broad SMARTS) is 1. The Bertz CT molecular complexity index is 1480. The minimum atomic E-state index is -4.81. The van der Waals surface area contributed by atoms with Gasteiger partial charge in [-0.1, -0.05) is 41.0 Å². The lowest BCUT2D eigenvalue weighted by atomic mass is 10.0. The largest absolute Gasteiger partial charge is 0.506 e. The first kappa shape index (κ1) is 27.6. The van der Waals surface area contributed by atoms with Gasteiger partial charge in [-0.05, 0) is 37.1 Å². The Morgan fingerprint density at radius 3 is 2.65 bits per heavy atom. The number of aromatic nitrogens is 5. The summed E-state index contributed by atoms with van der Waals surface area (Å²) in [5.41, 5.74) is -0.504. The third kappa shape index (κ3) is 6.08. The van der Waals surface area contributed by atoms with Crippen LogP contribution in [0.3, 0.4) is 0 Å². The predicted octanol–water partition coefficient (Wildman–Crippen LogP) is 4.85. The van der Waals surface area contributed by atoms with Crippen molar-refractivity contribution in [1.29, 1.82) is 0 Å². The zero-order valence-electron chi connectivity index (χ0n) is 20.6. The number of carbonyl (C=O) groups is 1. The monoisotopic (exact) mass is 578 g/mol. The molecule has 1 saturated heterocycles. The molecule has 4 heterocycles. The molecular weight excluding hydrogens is 557 g/mol. The summed E-state index contributed by atoms with van der Waals surface area (Å²) in [6.45, 7) is 1.36. The highest BCUT2D eigenvalue weighted by molar-refractivity contribution is 6.30. The second-order valence-electron chi connectivity index (χ2n) is 9.12. The molecule has 0 radical (unpaired) electrons. The van der Waals surface area contributed by atoms with Crippen molar-refractivity contribution < 1.29 is 37.4 Å². The van der Waals surface area contributed by atoms with Gasteiger partial charge in [-0.15, -0.1) is 0 Å². The van der Waals surface area contributed by atoms with Gasteiger partial charge >= 0.3 is 12.3 Å². The SMILES string of the molecule is O=C(O)O[C@H]1CCCN(C[C@@H](O)c2ccc(-c3noc(-c4cnn(-c5ccc(Cl)cn5)c4C(F)(F)F)n3)cc2)C1. The maximum absolute atomic E-state index is 14.0. The molecule has 11 nitrogen and oxygen atoms in total. The molecule has 0 aliphatic carbocycles. The minimum absolute atomic E-state index is 0.0474. The van der Waals surface area contributed by atoms with Crippen LogP contribution in [0.1, 0.15) is 30.2 Å². The van der Waals surface area contributed by atoms with E-state index in [1.165, 1.54) is 18.3 Å². The second-order valence-corrected chi connectivity index (χ2v) is 9.56. The van der Waals surface area contributed by atoms with Crippen LogP contribution in [0.15, 0.2) is 53.3 Å². The van der Waals surface area contributed by atoms with Crippen molar-refractivity contribution in [3.63, 3.8) is 0 Å². The molecule has 40 heavy (non-hydrogen) atoms. The molecule has 1 aliphatic rings. The number of pyridine rings is 1. The summed E-state index contributed by atoms with van der Waals surface area (Å²) in [6.07, 6.45) is -3.88. The number of aliphatic hydroxyl groups excluding tert-OH is 1. The lowest BCUT2D eigenvalue weighted by Crippen LogP contribution is -2.42. The van der Waals surface area contributed by atoms with Crippen molar-refractivity contribution in [2.75, 3.05) is 19.6 Å². The van der Waals surface area contributed by atoms with Crippen LogP contribution < -0.4 is 0 Å². The third-order valence-corrected chi connectivity index (χ3v) is 6.56. The lowest BCUT2D eigenvalue weighted by molar-refractivity contribution is -0.142. The van der Waals surface area contributed by atoms with Crippen molar-refractivity contribution in [2.24, 2.45) is 0 Å². The average Bonchev–Trinajstić information content (AvgIpc) is 3.57. The fraction of sp³-hybridized carbons (Fsp3) is 0.320. The van der Waals surface area contributed by atoms with Gasteiger partial charge in [-0.2, -0.15) is 23.3 Å². The molecule has 1 aliphatic heterocycles. The zero-order valence-corrected chi connectivity index (χ0v) is 21.4. The quantitative estimate of drug-likeness (QED) is 0.292. The van der Waals surface area contributed by atoms with Gasteiger partial charge < -0.3 is 19.5 Å². The van der Waals surface area contributed by atoms with Crippen molar-refractivity contribution in [3.8, 4) is 28.7 Å². The van der Waals surface area contributed by atoms with Crippen molar-refractivity contribution in [3.05, 3.63) is 65.1 Å². The average molecular weight is 579 g/mol.